The van der Waals surface area contributed by atoms with Gasteiger partial charge in [0.25, 0.3) is 5.91 Å². The Morgan fingerprint density at radius 2 is 1.96 bits per heavy atom. The molecule has 1 atom stereocenters. The molecule has 1 aromatic carbocycles. The Labute approximate surface area is 159 Å². The molecule has 0 aliphatic carbocycles. The number of benzene rings is 1. The fourth-order valence-corrected chi connectivity index (χ4v) is 3.62. The minimum atomic E-state index is -4.63. The van der Waals surface area contributed by atoms with Crippen LogP contribution in [0.4, 0.5) is 13.2 Å². The van der Waals surface area contributed by atoms with E-state index in [9.17, 15) is 18.0 Å². The van der Waals surface area contributed by atoms with Crippen LogP contribution >= 0.6 is 0 Å². The summed E-state index contributed by atoms with van der Waals surface area (Å²) in [6.45, 7) is 3.23. The molecule has 8 heteroatoms. The highest BCUT2D eigenvalue weighted by Crippen LogP contribution is 2.33. The number of amides is 1. The first-order valence-electron chi connectivity index (χ1n) is 9.15. The van der Waals surface area contributed by atoms with Crippen molar-refractivity contribution in [2.75, 3.05) is 13.1 Å². The number of rotatable bonds is 2. The van der Waals surface area contributed by atoms with Gasteiger partial charge in [-0.25, -0.2) is 9.50 Å². The largest absolute Gasteiger partial charge is 0.433 e. The summed E-state index contributed by atoms with van der Waals surface area (Å²) in [5.74, 6) is 0.0329. The maximum Gasteiger partial charge on any atom is 0.433 e. The molecule has 0 spiro atoms. The molecule has 1 fully saturated rings. The van der Waals surface area contributed by atoms with Gasteiger partial charge in [0.1, 0.15) is 5.56 Å². The van der Waals surface area contributed by atoms with Crippen molar-refractivity contribution in [3.8, 4) is 11.3 Å². The molecule has 0 saturated carbocycles. The van der Waals surface area contributed by atoms with Crippen molar-refractivity contribution in [1.82, 2.24) is 19.5 Å². The van der Waals surface area contributed by atoms with Crippen molar-refractivity contribution in [1.29, 1.82) is 0 Å². The van der Waals surface area contributed by atoms with Crippen LogP contribution in [-0.4, -0.2) is 38.5 Å². The monoisotopic (exact) mass is 388 g/mol. The Hall–Kier alpha value is -2.90. The lowest BCUT2D eigenvalue weighted by atomic mass is 10.00. The summed E-state index contributed by atoms with van der Waals surface area (Å²) >= 11 is 0. The average molecular weight is 388 g/mol. The summed E-state index contributed by atoms with van der Waals surface area (Å²) in [4.78, 5) is 19.0. The summed E-state index contributed by atoms with van der Waals surface area (Å²) in [5.41, 5.74) is -0.236. The number of nitrogens with zero attached hydrogens (tertiary/aromatic N) is 4. The molecule has 2 aromatic heterocycles. The predicted octanol–water partition coefficient (Wildman–Crippen LogP) is 4.29. The minimum Gasteiger partial charge on any atom is -0.338 e. The first-order valence-corrected chi connectivity index (χ1v) is 9.15. The highest BCUT2D eigenvalue weighted by atomic mass is 19.4. The summed E-state index contributed by atoms with van der Waals surface area (Å²) in [5, 5.41) is 3.84. The van der Waals surface area contributed by atoms with Crippen LogP contribution in [0, 0.1) is 5.92 Å². The Balaban J connectivity index is 1.86. The fourth-order valence-electron chi connectivity index (χ4n) is 3.62. The number of halogens is 3. The lowest BCUT2D eigenvalue weighted by molar-refractivity contribution is -0.142. The molecule has 0 N–H and O–H groups in total. The van der Waals surface area contributed by atoms with E-state index in [2.05, 4.69) is 17.0 Å². The molecule has 5 nitrogen and oxygen atoms in total. The van der Waals surface area contributed by atoms with E-state index in [0.717, 1.165) is 18.9 Å². The number of alkyl halides is 3. The normalized spacial score (nSPS) is 17.9. The first kappa shape index (κ1) is 18.5. The molecule has 3 aromatic rings. The van der Waals surface area contributed by atoms with E-state index in [1.807, 2.05) is 0 Å². The third-order valence-corrected chi connectivity index (χ3v) is 5.01. The Bertz CT molecular complexity index is 1010. The number of carbonyl (C=O) groups is 1. The van der Waals surface area contributed by atoms with E-state index < -0.39 is 11.9 Å². The van der Waals surface area contributed by atoms with E-state index in [1.165, 1.54) is 6.20 Å². The highest BCUT2D eigenvalue weighted by molar-refractivity contribution is 6.00. The van der Waals surface area contributed by atoms with E-state index in [1.54, 1.807) is 35.2 Å². The van der Waals surface area contributed by atoms with Crippen LogP contribution in [0.15, 0.2) is 42.6 Å². The van der Waals surface area contributed by atoms with Gasteiger partial charge < -0.3 is 4.90 Å². The molecule has 0 bridgehead atoms. The van der Waals surface area contributed by atoms with Crippen LogP contribution < -0.4 is 0 Å². The van der Waals surface area contributed by atoms with Gasteiger partial charge in [-0.2, -0.15) is 18.3 Å². The van der Waals surface area contributed by atoms with Crippen molar-refractivity contribution in [2.45, 2.75) is 25.9 Å². The molecule has 0 unspecified atom stereocenters. The van der Waals surface area contributed by atoms with Gasteiger partial charge in [-0.1, -0.05) is 37.3 Å². The quantitative estimate of drug-likeness (QED) is 0.658. The minimum absolute atomic E-state index is 0.0723. The molecule has 146 valence electrons. The summed E-state index contributed by atoms with van der Waals surface area (Å²) in [7, 11) is 0. The number of piperidine rings is 1. The molecule has 4 rings (SSSR count). The van der Waals surface area contributed by atoms with Gasteiger partial charge in [-0.3, -0.25) is 4.79 Å². The molecule has 3 heterocycles. The number of aromatic nitrogens is 3. The topological polar surface area (TPSA) is 50.5 Å². The van der Waals surface area contributed by atoms with Gasteiger partial charge in [0.05, 0.1) is 11.9 Å². The van der Waals surface area contributed by atoms with Gasteiger partial charge in [0.2, 0.25) is 0 Å². The van der Waals surface area contributed by atoms with Gasteiger partial charge in [0, 0.05) is 18.7 Å². The maximum atomic E-state index is 13.6. The Morgan fingerprint density at radius 3 is 2.64 bits per heavy atom. The van der Waals surface area contributed by atoms with Gasteiger partial charge >= 0.3 is 6.18 Å². The molecular weight excluding hydrogens is 369 g/mol. The van der Waals surface area contributed by atoms with Crippen molar-refractivity contribution >= 4 is 11.6 Å². The van der Waals surface area contributed by atoms with Gasteiger partial charge in [-0.05, 0) is 24.8 Å². The first-order chi connectivity index (χ1) is 13.3. The van der Waals surface area contributed by atoms with E-state index >= 15 is 0 Å². The number of hydrogen-bond acceptors (Lipinski definition) is 3. The highest BCUT2D eigenvalue weighted by Gasteiger charge is 2.36. The number of carbonyl (C=O) groups excluding carboxylic acids is 1. The summed E-state index contributed by atoms with van der Waals surface area (Å²) < 4.78 is 41.7. The zero-order valence-electron chi connectivity index (χ0n) is 15.3. The smallest absolute Gasteiger partial charge is 0.338 e. The van der Waals surface area contributed by atoms with E-state index in [4.69, 9.17) is 0 Å². The Kier molecular flexibility index (Phi) is 4.56. The SMILES string of the molecule is C[C@H]1CCCN(C(=O)c2cnn3c(C(F)(F)F)cc(-c4ccccc4)nc23)C1. The van der Waals surface area contributed by atoms with E-state index in [-0.39, 0.29) is 22.8 Å². The second kappa shape index (κ2) is 6.92. The Morgan fingerprint density at radius 1 is 1.21 bits per heavy atom. The van der Waals surface area contributed by atoms with Gasteiger partial charge in [-0.15, -0.1) is 0 Å². The van der Waals surface area contributed by atoms with Crippen molar-refractivity contribution in [3.63, 3.8) is 0 Å². The van der Waals surface area contributed by atoms with Crippen LogP contribution in [0.1, 0.15) is 35.8 Å². The standard InChI is InChI=1S/C20H19F3N4O/c1-13-6-5-9-26(12-13)19(28)15-11-24-27-17(20(21,22)23)10-16(25-18(15)27)14-7-3-2-4-8-14/h2-4,7-8,10-11,13H,5-6,9,12H2,1H3/t13-/m0/s1. The van der Waals surface area contributed by atoms with Gasteiger partial charge in [0.15, 0.2) is 11.3 Å². The number of hydrogen-bond donors (Lipinski definition) is 0. The lowest BCUT2D eigenvalue weighted by Crippen LogP contribution is -2.39. The maximum absolute atomic E-state index is 13.6. The third kappa shape index (κ3) is 3.34. The molecule has 28 heavy (non-hydrogen) atoms. The summed E-state index contributed by atoms with van der Waals surface area (Å²) in [6.07, 6.45) is -1.53. The molecule has 1 saturated heterocycles. The van der Waals surface area contributed by atoms with Crippen LogP contribution in [-0.2, 0) is 6.18 Å². The molecule has 1 aliphatic rings. The van der Waals surface area contributed by atoms with Crippen LogP contribution in [0.5, 0.6) is 0 Å². The van der Waals surface area contributed by atoms with Crippen LogP contribution in [0.2, 0.25) is 0 Å². The van der Waals surface area contributed by atoms with Crippen LogP contribution in [0.3, 0.4) is 0 Å². The van der Waals surface area contributed by atoms with Crippen molar-refractivity contribution < 1.29 is 18.0 Å². The predicted molar refractivity (Wildman–Crippen MR) is 97.7 cm³/mol. The third-order valence-electron chi connectivity index (χ3n) is 5.01. The zero-order valence-corrected chi connectivity index (χ0v) is 15.3. The second-order valence-corrected chi connectivity index (χ2v) is 7.18. The van der Waals surface area contributed by atoms with Crippen LogP contribution in [0.25, 0.3) is 16.9 Å². The fraction of sp³-hybridized carbons (Fsp3) is 0.350. The zero-order chi connectivity index (χ0) is 19.9. The lowest BCUT2D eigenvalue weighted by Gasteiger charge is -2.30. The summed E-state index contributed by atoms with van der Waals surface area (Å²) in [6, 6.07) is 9.56. The molecule has 1 aliphatic heterocycles. The van der Waals surface area contributed by atoms with E-state index in [0.29, 0.717) is 29.1 Å². The number of likely N-dealkylation sites (tertiary alicyclic amines) is 1. The molecule has 1 amide bonds. The molecular formula is C20H19F3N4O. The van der Waals surface area contributed by atoms with Crippen molar-refractivity contribution in [2.24, 2.45) is 5.92 Å². The van der Waals surface area contributed by atoms with Crippen molar-refractivity contribution in [3.05, 3.63) is 53.9 Å². The average Bonchev–Trinajstić information content (AvgIpc) is 3.10. The second-order valence-electron chi connectivity index (χ2n) is 7.18. The number of fused-ring (bicyclic) bond motifs is 1. The molecule has 0 radical (unpaired) electrons.